The van der Waals surface area contributed by atoms with Crippen LogP contribution in [0.5, 0.6) is 5.75 Å². The van der Waals surface area contributed by atoms with E-state index >= 15 is 0 Å². The van der Waals surface area contributed by atoms with Gasteiger partial charge in [0.15, 0.2) is 0 Å². The van der Waals surface area contributed by atoms with Gasteiger partial charge in [-0.15, -0.1) is 0 Å². The Morgan fingerprint density at radius 3 is 3.05 bits per heavy atom. The molecule has 2 N–H and O–H groups in total. The Morgan fingerprint density at radius 2 is 2.33 bits per heavy atom. The molecule has 21 heavy (non-hydrogen) atoms. The van der Waals surface area contributed by atoms with Crippen molar-refractivity contribution in [1.29, 1.82) is 0 Å². The van der Waals surface area contributed by atoms with E-state index in [-0.39, 0.29) is 24.4 Å². The maximum atomic E-state index is 12.2. The van der Waals surface area contributed by atoms with Gasteiger partial charge in [0.1, 0.15) is 5.75 Å². The first-order valence-electron chi connectivity index (χ1n) is 7.01. The van der Waals surface area contributed by atoms with Crippen LogP contribution in [0.1, 0.15) is 12.5 Å². The number of hydrogen-bond donors (Lipinski definition) is 2. The molecule has 0 bridgehead atoms. The summed E-state index contributed by atoms with van der Waals surface area (Å²) >= 11 is 0. The molecular formula is C15H21N3O3. The van der Waals surface area contributed by atoms with Crippen LogP contribution in [0.3, 0.4) is 0 Å². The standard InChI is InChI=1S/C15H21N3O3/c1-11(18-7-6-16-14(19)10-18)15(20)17-9-12-4-3-5-13(8-12)21-2/h3-5,8,11H,6-7,9-10H2,1-2H3,(H,16,19)(H,17,20). The molecule has 0 spiro atoms. The number of nitrogens with zero attached hydrogens (tertiary/aromatic N) is 1. The van der Waals surface area contributed by atoms with Crippen molar-refractivity contribution >= 4 is 11.8 Å². The molecule has 6 nitrogen and oxygen atoms in total. The van der Waals surface area contributed by atoms with Crippen LogP contribution in [0, 0.1) is 0 Å². The van der Waals surface area contributed by atoms with Crippen LogP contribution >= 0.6 is 0 Å². The highest BCUT2D eigenvalue weighted by atomic mass is 16.5. The van der Waals surface area contributed by atoms with Gasteiger partial charge < -0.3 is 15.4 Å². The smallest absolute Gasteiger partial charge is 0.237 e. The van der Waals surface area contributed by atoms with Crippen LogP contribution in [0.15, 0.2) is 24.3 Å². The molecule has 1 aromatic carbocycles. The van der Waals surface area contributed by atoms with Crippen molar-refractivity contribution in [1.82, 2.24) is 15.5 Å². The Balaban J connectivity index is 1.87. The van der Waals surface area contributed by atoms with E-state index in [0.717, 1.165) is 11.3 Å². The predicted octanol–water partition coefficient (Wildman–Crippen LogP) is 0.132. The van der Waals surface area contributed by atoms with Gasteiger partial charge >= 0.3 is 0 Å². The summed E-state index contributed by atoms with van der Waals surface area (Å²) in [7, 11) is 1.61. The number of carbonyl (C=O) groups is 2. The molecule has 0 radical (unpaired) electrons. The molecule has 114 valence electrons. The molecule has 1 atom stereocenters. The van der Waals surface area contributed by atoms with E-state index in [0.29, 0.717) is 19.6 Å². The van der Waals surface area contributed by atoms with E-state index in [2.05, 4.69) is 10.6 Å². The van der Waals surface area contributed by atoms with Gasteiger partial charge in [0.25, 0.3) is 0 Å². The zero-order valence-corrected chi connectivity index (χ0v) is 12.4. The number of rotatable bonds is 5. The Bertz CT molecular complexity index is 519. The van der Waals surface area contributed by atoms with Crippen LogP contribution in [0.25, 0.3) is 0 Å². The Kier molecular flexibility index (Phi) is 5.16. The molecule has 2 rings (SSSR count). The maximum absolute atomic E-state index is 12.2. The van der Waals surface area contributed by atoms with Gasteiger partial charge in [-0.2, -0.15) is 0 Å². The molecule has 2 amide bonds. The number of hydrogen-bond acceptors (Lipinski definition) is 4. The number of carbonyl (C=O) groups excluding carboxylic acids is 2. The molecule has 0 saturated carbocycles. The molecule has 6 heteroatoms. The van der Waals surface area contributed by atoms with E-state index < -0.39 is 0 Å². The van der Waals surface area contributed by atoms with Gasteiger partial charge in [-0.05, 0) is 24.6 Å². The second-order valence-electron chi connectivity index (χ2n) is 5.07. The number of methoxy groups -OCH3 is 1. The van der Waals surface area contributed by atoms with Crippen LogP contribution < -0.4 is 15.4 Å². The topological polar surface area (TPSA) is 70.7 Å². The van der Waals surface area contributed by atoms with E-state index in [1.54, 1.807) is 7.11 Å². The molecule has 1 aliphatic heterocycles. The second kappa shape index (κ2) is 7.08. The first-order valence-corrected chi connectivity index (χ1v) is 7.01. The third-order valence-corrected chi connectivity index (χ3v) is 3.60. The van der Waals surface area contributed by atoms with Crippen molar-refractivity contribution in [2.45, 2.75) is 19.5 Å². The van der Waals surface area contributed by atoms with Gasteiger partial charge in [0.2, 0.25) is 11.8 Å². The minimum atomic E-state index is -0.318. The quantitative estimate of drug-likeness (QED) is 0.809. The molecule has 0 aliphatic carbocycles. The van der Waals surface area contributed by atoms with E-state index in [4.69, 9.17) is 4.74 Å². The minimum absolute atomic E-state index is 0.0336. The maximum Gasteiger partial charge on any atom is 0.237 e. The van der Waals surface area contributed by atoms with Gasteiger partial charge in [-0.25, -0.2) is 0 Å². The molecule has 0 aromatic heterocycles. The SMILES string of the molecule is COc1cccc(CNC(=O)C(C)N2CCNC(=O)C2)c1. The average Bonchev–Trinajstić information content (AvgIpc) is 2.52. The van der Waals surface area contributed by atoms with E-state index in [1.807, 2.05) is 36.1 Å². The first-order chi connectivity index (χ1) is 10.1. The number of amides is 2. The first kappa shape index (κ1) is 15.3. The molecule has 1 aliphatic rings. The third-order valence-electron chi connectivity index (χ3n) is 3.60. The van der Waals surface area contributed by atoms with Crippen molar-refractivity contribution in [3.8, 4) is 5.75 Å². The minimum Gasteiger partial charge on any atom is -0.497 e. The average molecular weight is 291 g/mol. The summed E-state index contributed by atoms with van der Waals surface area (Å²) in [5.74, 6) is 0.656. The summed E-state index contributed by atoms with van der Waals surface area (Å²) < 4.78 is 5.15. The lowest BCUT2D eigenvalue weighted by Gasteiger charge is -2.31. The van der Waals surface area contributed by atoms with Crippen LogP contribution in [-0.4, -0.2) is 49.5 Å². The number of ether oxygens (including phenoxy) is 1. The summed E-state index contributed by atoms with van der Waals surface area (Å²) in [5, 5.41) is 5.64. The third kappa shape index (κ3) is 4.19. The zero-order valence-electron chi connectivity index (χ0n) is 12.4. The molecule has 1 aromatic rings. The van der Waals surface area contributed by atoms with Crippen LogP contribution in [0.4, 0.5) is 0 Å². The van der Waals surface area contributed by atoms with Crippen molar-refractivity contribution in [2.24, 2.45) is 0 Å². The van der Waals surface area contributed by atoms with Crippen LogP contribution in [-0.2, 0) is 16.1 Å². The van der Waals surface area contributed by atoms with Gasteiger partial charge in [0.05, 0.1) is 19.7 Å². The van der Waals surface area contributed by atoms with Gasteiger partial charge in [0, 0.05) is 19.6 Å². The van der Waals surface area contributed by atoms with E-state index in [1.165, 1.54) is 0 Å². The fraction of sp³-hybridized carbons (Fsp3) is 0.467. The fourth-order valence-electron chi connectivity index (χ4n) is 2.27. The van der Waals surface area contributed by atoms with Crippen LogP contribution in [0.2, 0.25) is 0 Å². The highest BCUT2D eigenvalue weighted by Gasteiger charge is 2.25. The normalized spacial score (nSPS) is 17.0. The molecular weight excluding hydrogens is 270 g/mol. The van der Waals surface area contributed by atoms with Crippen molar-refractivity contribution in [3.05, 3.63) is 29.8 Å². The summed E-state index contributed by atoms with van der Waals surface area (Å²) in [5.41, 5.74) is 0.978. The number of benzene rings is 1. The summed E-state index contributed by atoms with van der Waals surface area (Å²) in [4.78, 5) is 25.4. The molecule has 1 saturated heterocycles. The predicted molar refractivity (Wildman–Crippen MR) is 78.9 cm³/mol. The Labute approximate surface area is 124 Å². The summed E-state index contributed by atoms with van der Waals surface area (Å²) in [6.45, 7) is 3.82. The molecule has 1 heterocycles. The summed E-state index contributed by atoms with van der Waals surface area (Å²) in [6.07, 6.45) is 0. The molecule has 1 unspecified atom stereocenters. The number of piperazine rings is 1. The lowest BCUT2D eigenvalue weighted by Crippen LogP contribution is -2.54. The zero-order chi connectivity index (χ0) is 15.2. The van der Waals surface area contributed by atoms with Crippen molar-refractivity contribution in [2.75, 3.05) is 26.7 Å². The Morgan fingerprint density at radius 1 is 1.52 bits per heavy atom. The number of nitrogens with one attached hydrogen (secondary N) is 2. The Hall–Kier alpha value is -2.08. The highest BCUT2D eigenvalue weighted by Crippen LogP contribution is 2.12. The molecule has 1 fully saturated rings. The van der Waals surface area contributed by atoms with Gasteiger partial charge in [-0.1, -0.05) is 12.1 Å². The van der Waals surface area contributed by atoms with Crippen molar-refractivity contribution < 1.29 is 14.3 Å². The lowest BCUT2D eigenvalue weighted by atomic mass is 10.2. The largest absolute Gasteiger partial charge is 0.497 e. The fourth-order valence-corrected chi connectivity index (χ4v) is 2.27. The monoisotopic (exact) mass is 291 g/mol. The lowest BCUT2D eigenvalue weighted by molar-refractivity contribution is -0.130. The van der Waals surface area contributed by atoms with Gasteiger partial charge in [-0.3, -0.25) is 14.5 Å². The van der Waals surface area contributed by atoms with E-state index in [9.17, 15) is 9.59 Å². The second-order valence-corrected chi connectivity index (χ2v) is 5.07. The van der Waals surface area contributed by atoms with Crippen molar-refractivity contribution in [3.63, 3.8) is 0 Å². The highest BCUT2D eigenvalue weighted by molar-refractivity contribution is 5.83. The summed E-state index contributed by atoms with van der Waals surface area (Å²) in [6, 6.07) is 7.25.